The highest BCUT2D eigenvalue weighted by molar-refractivity contribution is 5.94. The molecule has 6 heteroatoms. The van der Waals surface area contributed by atoms with E-state index in [1.165, 1.54) is 5.56 Å². The first kappa shape index (κ1) is 21.3. The number of benzene rings is 2. The Bertz CT molecular complexity index is 1040. The summed E-state index contributed by atoms with van der Waals surface area (Å²) in [5.74, 6) is -0.0589. The first-order chi connectivity index (χ1) is 15.1. The lowest BCUT2D eigenvalue weighted by Gasteiger charge is -2.27. The van der Waals surface area contributed by atoms with Gasteiger partial charge in [0.05, 0.1) is 25.5 Å². The van der Waals surface area contributed by atoms with Gasteiger partial charge in [-0.25, -0.2) is 0 Å². The maximum atomic E-state index is 12.8. The Balaban J connectivity index is 1.39. The van der Waals surface area contributed by atoms with Crippen LogP contribution in [0.15, 0.2) is 54.6 Å². The minimum Gasteiger partial charge on any atom is -0.379 e. The number of nitrogens with zero attached hydrogens (tertiary/aromatic N) is 3. The second-order valence-corrected chi connectivity index (χ2v) is 8.13. The van der Waals surface area contributed by atoms with Crippen molar-refractivity contribution in [2.45, 2.75) is 33.5 Å². The summed E-state index contributed by atoms with van der Waals surface area (Å²) in [4.78, 5) is 15.2. The van der Waals surface area contributed by atoms with E-state index in [4.69, 9.17) is 4.74 Å². The van der Waals surface area contributed by atoms with Crippen LogP contribution in [0.1, 0.15) is 38.4 Å². The minimum atomic E-state index is -0.0589. The van der Waals surface area contributed by atoms with Crippen molar-refractivity contribution >= 4 is 5.91 Å². The van der Waals surface area contributed by atoms with Gasteiger partial charge in [-0.05, 0) is 48.7 Å². The molecular weight excluding hydrogens is 388 g/mol. The van der Waals surface area contributed by atoms with Crippen LogP contribution in [-0.2, 0) is 24.4 Å². The number of carbonyl (C=O) groups excluding carboxylic acids is 1. The van der Waals surface area contributed by atoms with Crippen molar-refractivity contribution in [2.75, 3.05) is 26.3 Å². The van der Waals surface area contributed by atoms with Crippen LogP contribution in [0.2, 0.25) is 0 Å². The highest BCUT2D eigenvalue weighted by Gasteiger charge is 2.14. The molecule has 1 aliphatic heterocycles. The van der Waals surface area contributed by atoms with Crippen LogP contribution in [0.3, 0.4) is 0 Å². The third-order valence-electron chi connectivity index (χ3n) is 5.68. The largest absolute Gasteiger partial charge is 0.379 e. The molecule has 1 aliphatic rings. The average Bonchev–Trinajstić information content (AvgIpc) is 3.10. The van der Waals surface area contributed by atoms with Gasteiger partial charge in [0, 0.05) is 37.4 Å². The molecular formula is C25H30N4O2. The molecule has 0 spiro atoms. The molecule has 162 valence electrons. The van der Waals surface area contributed by atoms with E-state index in [0.29, 0.717) is 18.7 Å². The molecule has 0 aliphatic carbocycles. The molecule has 31 heavy (non-hydrogen) atoms. The number of ether oxygens (including phenoxy) is 1. The quantitative estimate of drug-likeness (QED) is 0.640. The molecule has 1 amide bonds. The molecule has 0 unspecified atom stereocenters. The molecule has 0 bridgehead atoms. The molecule has 2 aromatic carbocycles. The normalized spacial score (nSPS) is 14.5. The second-order valence-electron chi connectivity index (χ2n) is 8.13. The predicted octanol–water partition coefficient (Wildman–Crippen LogP) is 3.31. The summed E-state index contributed by atoms with van der Waals surface area (Å²) >= 11 is 0. The van der Waals surface area contributed by atoms with E-state index >= 15 is 0 Å². The monoisotopic (exact) mass is 418 g/mol. The molecule has 1 saturated heterocycles. The van der Waals surface area contributed by atoms with Gasteiger partial charge >= 0.3 is 0 Å². The Morgan fingerprint density at radius 1 is 1.00 bits per heavy atom. The molecule has 1 aromatic heterocycles. The average molecular weight is 419 g/mol. The van der Waals surface area contributed by atoms with Gasteiger partial charge in [-0.2, -0.15) is 5.10 Å². The van der Waals surface area contributed by atoms with Crippen molar-refractivity contribution in [3.63, 3.8) is 0 Å². The Labute approximate surface area is 183 Å². The van der Waals surface area contributed by atoms with Crippen molar-refractivity contribution in [1.29, 1.82) is 0 Å². The molecule has 1 fully saturated rings. The zero-order chi connectivity index (χ0) is 21.6. The van der Waals surface area contributed by atoms with Crippen LogP contribution in [0, 0.1) is 13.8 Å². The van der Waals surface area contributed by atoms with E-state index in [9.17, 15) is 4.79 Å². The van der Waals surface area contributed by atoms with Crippen LogP contribution in [0.25, 0.3) is 0 Å². The molecule has 0 atom stereocenters. The molecule has 3 aromatic rings. The lowest BCUT2D eigenvalue weighted by Crippen LogP contribution is -2.36. The Kier molecular flexibility index (Phi) is 6.79. The number of morpholine rings is 1. The van der Waals surface area contributed by atoms with Gasteiger partial charge in [0.2, 0.25) is 0 Å². The lowest BCUT2D eigenvalue weighted by atomic mass is 10.1. The Morgan fingerprint density at radius 3 is 2.52 bits per heavy atom. The number of hydrogen-bond donors (Lipinski definition) is 1. The molecule has 0 saturated carbocycles. The second kappa shape index (κ2) is 9.90. The van der Waals surface area contributed by atoms with E-state index in [0.717, 1.165) is 55.4 Å². The van der Waals surface area contributed by atoms with Crippen molar-refractivity contribution < 1.29 is 9.53 Å². The minimum absolute atomic E-state index is 0.0589. The zero-order valence-corrected chi connectivity index (χ0v) is 18.3. The Morgan fingerprint density at radius 2 is 1.77 bits per heavy atom. The molecule has 0 radical (unpaired) electrons. The fourth-order valence-corrected chi connectivity index (χ4v) is 3.98. The third kappa shape index (κ3) is 5.60. The van der Waals surface area contributed by atoms with Gasteiger partial charge in [0.15, 0.2) is 0 Å². The maximum absolute atomic E-state index is 12.8. The van der Waals surface area contributed by atoms with Gasteiger partial charge in [-0.3, -0.25) is 14.4 Å². The molecule has 2 heterocycles. The summed E-state index contributed by atoms with van der Waals surface area (Å²) in [5.41, 5.74) is 6.26. The number of hydrogen-bond acceptors (Lipinski definition) is 4. The van der Waals surface area contributed by atoms with Gasteiger partial charge in [-0.15, -0.1) is 0 Å². The third-order valence-corrected chi connectivity index (χ3v) is 5.68. The number of aromatic nitrogens is 2. The fourth-order valence-electron chi connectivity index (χ4n) is 3.98. The highest BCUT2D eigenvalue weighted by atomic mass is 16.5. The topological polar surface area (TPSA) is 59.4 Å². The molecule has 6 nitrogen and oxygen atoms in total. The van der Waals surface area contributed by atoms with Gasteiger partial charge in [0.1, 0.15) is 0 Å². The van der Waals surface area contributed by atoms with Gasteiger partial charge < -0.3 is 10.1 Å². The zero-order valence-electron chi connectivity index (χ0n) is 18.3. The summed E-state index contributed by atoms with van der Waals surface area (Å²) < 4.78 is 7.41. The summed E-state index contributed by atoms with van der Waals surface area (Å²) in [5, 5.41) is 7.61. The number of amides is 1. The van der Waals surface area contributed by atoms with Crippen molar-refractivity contribution in [2.24, 2.45) is 0 Å². The van der Waals surface area contributed by atoms with E-state index in [2.05, 4.69) is 39.6 Å². The Hall–Kier alpha value is -2.96. The summed E-state index contributed by atoms with van der Waals surface area (Å²) in [6.07, 6.45) is 0. The van der Waals surface area contributed by atoms with Crippen LogP contribution in [0.5, 0.6) is 0 Å². The first-order valence-corrected chi connectivity index (χ1v) is 10.8. The number of aryl methyl sites for hydroxylation is 2. The predicted molar refractivity (Wildman–Crippen MR) is 121 cm³/mol. The first-order valence-electron chi connectivity index (χ1n) is 10.8. The SMILES string of the molecule is Cc1cc(C)n(Cc2cccc(C(=O)NCc3ccccc3CN3CCOCC3)c2)n1. The number of nitrogens with one attached hydrogen (secondary N) is 1. The summed E-state index contributed by atoms with van der Waals surface area (Å²) in [6.45, 7) is 9.55. The lowest BCUT2D eigenvalue weighted by molar-refractivity contribution is 0.0340. The standard InChI is InChI=1S/C25H30N4O2/c1-19-14-20(2)29(27-19)17-21-6-5-9-22(15-21)25(30)26-16-23-7-3-4-8-24(23)18-28-10-12-31-13-11-28/h3-9,14-15H,10-13,16-18H2,1-2H3,(H,26,30). The van der Waals surface area contributed by atoms with Crippen molar-refractivity contribution in [3.05, 3.63) is 88.2 Å². The van der Waals surface area contributed by atoms with Crippen LogP contribution in [-0.4, -0.2) is 46.9 Å². The number of carbonyl (C=O) groups is 1. The van der Waals surface area contributed by atoms with Crippen LogP contribution in [0.4, 0.5) is 0 Å². The smallest absolute Gasteiger partial charge is 0.251 e. The highest BCUT2D eigenvalue weighted by Crippen LogP contribution is 2.14. The summed E-state index contributed by atoms with van der Waals surface area (Å²) in [7, 11) is 0. The van der Waals surface area contributed by atoms with Crippen molar-refractivity contribution in [3.8, 4) is 0 Å². The fraction of sp³-hybridized carbons (Fsp3) is 0.360. The maximum Gasteiger partial charge on any atom is 0.251 e. The molecule has 4 rings (SSSR count). The van der Waals surface area contributed by atoms with E-state index in [1.807, 2.05) is 48.9 Å². The van der Waals surface area contributed by atoms with Crippen LogP contribution >= 0.6 is 0 Å². The molecule has 1 N–H and O–H groups in total. The van der Waals surface area contributed by atoms with Crippen LogP contribution < -0.4 is 5.32 Å². The van der Waals surface area contributed by atoms with E-state index in [-0.39, 0.29) is 5.91 Å². The van der Waals surface area contributed by atoms with E-state index in [1.54, 1.807) is 0 Å². The van der Waals surface area contributed by atoms with Gasteiger partial charge in [0.25, 0.3) is 5.91 Å². The summed E-state index contributed by atoms with van der Waals surface area (Å²) in [6, 6.07) is 18.2. The van der Waals surface area contributed by atoms with E-state index < -0.39 is 0 Å². The number of rotatable bonds is 7. The van der Waals surface area contributed by atoms with Gasteiger partial charge in [-0.1, -0.05) is 36.4 Å². The van der Waals surface area contributed by atoms with Crippen molar-refractivity contribution in [1.82, 2.24) is 20.0 Å².